The standard InChI is InChI=1S/C11H14FN3O2.C11H16FN3.C6H3F2NO2.C6H15N.C5H12N2.CH3.Pd/c1-13-4-6-14(7-5-13)9-2-3-11(15(16)17)10(12)8-9;1-14-4-6-15(7-5-14)9-2-3-11(13)10(12)8-9;7-4-1-2-6(9(10)11)5(8)3-4;1-4-7(5-2)6-3;1-7-4-2-6-3-5-7;;/h2-3,8H,4-7H2,1H3;2-3,8H,4-7,13H2,1H3;1-3H;4-6H2,1-3H3;6H,2-5H2,1H3;1H3;/q;;;;;-1;. The molecule has 0 saturated carbocycles. The van der Waals surface area contributed by atoms with E-state index in [1.54, 1.807) is 12.1 Å². The van der Waals surface area contributed by atoms with Crippen molar-refractivity contribution >= 4 is 28.4 Å². The van der Waals surface area contributed by atoms with Gasteiger partial charge in [-0.1, -0.05) is 20.8 Å². The fourth-order valence-corrected chi connectivity index (χ4v) is 5.76. The van der Waals surface area contributed by atoms with E-state index in [2.05, 4.69) is 64.7 Å². The summed E-state index contributed by atoms with van der Waals surface area (Å²) in [6.07, 6.45) is 0. The van der Waals surface area contributed by atoms with Gasteiger partial charge in [-0.3, -0.25) is 20.2 Å². The van der Waals surface area contributed by atoms with Gasteiger partial charge in [0.2, 0.25) is 11.6 Å². The Bertz CT molecular complexity index is 1650. The van der Waals surface area contributed by atoms with Crippen LogP contribution in [0.5, 0.6) is 0 Å². The Labute approximate surface area is 361 Å². The van der Waals surface area contributed by atoms with Gasteiger partial charge in [-0.25, -0.2) is 8.78 Å². The molecule has 3 heterocycles. The number of benzene rings is 3. The van der Waals surface area contributed by atoms with Gasteiger partial charge in [0.1, 0.15) is 11.6 Å². The monoisotopic (exact) mass is 929 g/mol. The van der Waals surface area contributed by atoms with Crippen LogP contribution in [0, 0.1) is 50.9 Å². The van der Waals surface area contributed by atoms with Gasteiger partial charge in [0.05, 0.1) is 15.5 Å². The molecule has 6 rings (SSSR count). The largest absolute Gasteiger partial charge is 0.396 e. The Balaban J connectivity index is 0.000000737. The average molecular weight is 930 g/mol. The third-order valence-electron chi connectivity index (χ3n) is 9.64. The van der Waals surface area contributed by atoms with Gasteiger partial charge in [0.15, 0.2) is 0 Å². The van der Waals surface area contributed by atoms with Crippen LogP contribution in [0.15, 0.2) is 54.6 Å². The third-order valence-corrected chi connectivity index (χ3v) is 9.64. The molecule has 3 aliphatic heterocycles. The molecule has 336 valence electrons. The van der Waals surface area contributed by atoms with Gasteiger partial charge in [0.25, 0.3) is 0 Å². The Kier molecular flexibility index (Phi) is 27.3. The normalized spacial score (nSPS) is 15.6. The maximum Gasteiger partial charge on any atom is 0.304 e. The summed E-state index contributed by atoms with van der Waals surface area (Å²) in [5.41, 5.74) is 6.10. The van der Waals surface area contributed by atoms with Crippen molar-refractivity contribution in [2.75, 3.05) is 135 Å². The van der Waals surface area contributed by atoms with Crippen LogP contribution in [0.4, 0.5) is 46.0 Å². The summed E-state index contributed by atoms with van der Waals surface area (Å²) in [5.74, 6) is -3.08. The van der Waals surface area contributed by atoms with Gasteiger partial charge >= 0.3 is 11.4 Å². The van der Waals surface area contributed by atoms with Crippen molar-refractivity contribution in [1.29, 1.82) is 0 Å². The number of nitrogen functional groups attached to an aromatic ring is 1. The van der Waals surface area contributed by atoms with E-state index in [-0.39, 0.29) is 39.4 Å². The maximum atomic E-state index is 13.5. The van der Waals surface area contributed by atoms with Gasteiger partial charge in [-0.15, -0.1) is 0 Å². The van der Waals surface area contributed by atoms with E-state index in [0.29, 0.717) is 11.8 Å². The predicted molar refractivity (Wildman–Crippen MR) is 227 cm³/mol. The van der Waals surface area contributed by atoms with Gasteiger partial charge in [-0.05, 0) is 71.1 Å². The fraction of sp³-hybridized carbons (Fsp3) is 0.525. The van der Waals surface area contributed by atoms with E-state index in [9.17, 15) is 37.8 Å². The molecular weight excluding hydrogens is 867 g/mol. The van der Waals surface area contributed by atoms with Crippen LogP contribution in [0.25, 0.3) is 0 Å². The second-order valence-electron chi connectivity index (χ2n) is 13.7. The number of halogens is 4. The molecule has 0 bridgehead atoms. The van der Waals surface area contributed by atoms with E-state index in [4.69, 9.17) is 5.73 Å². The molecule has 0 aromatic heterocycles. The molecule has 19 heteroatoms. The van der Waals surface area contributed by atoms with Crippen molar-refractivity contribution in [3.05, 3.63) is 106 Å². The molecule has 0 amide bonds. The predicted octanol–water partition coefficient (Wildman–Crippen LogP) is 5.84. The third kappa shape index (κ3) is 20.2. The smallest absolute Gasteiger partial charge is 0.304 e. The van der Waals surface area contributed by atoms with E-state index < -0.39 is 38.7 Å². The molecule has 3 fully saturated rings. The second-order valence-corrected chi connectivity index (χ2v) is 13.7. The zero-order valence-corrected chi connectivity index (χ0v) is 37.0. The quantitative estimate of drug-likeness (QED) is 0.0735. The second kappa shape index (κ2) is 29.3. The topological polar surface area (TPSA) is 144 Å². The summed E-state index contributed by atoms with van der Waals surface area (Å²) in [6.45, 7) is 22.3. The first kappa shape index (κ1) is 55.0. The minimum Gasteiger partial charge on any atom is -0.396 e. The number of nitro benzene ring substituents is 2. The van der Waals surface area contributed by atoms with Crippen LogP contribution in [0.1, 0.15) is 20.8 Å². The number of likely N-dealkylation sites (N-methyl/N-ethyl adjacent to an activating group) is 3. The van der Waals surface area contributed by atoms with Crippen molar-refractivity contribution in [3.8, 4) is 0 Å². The Morgan fingerprint density at radius 3 is 1.31 bits per heavy atom. The first-order valence-corrected chi connectivity index (χ1v) is 19.2. The van der Waals surface area contributed by atoms with Crippen LogP contribution >= 0.6 is 0 Å². The summed E-state index contributed by atoms with van der Waals surface area (Å²) in [7, 11) is 6.29. The van der Waals surface area contributed by atoms with Crippen LogP contribution in [0.2, 0.25) is 0 Å². The molecular formula is C40H63F4N10O4Pd-. The molecule has 0 radical (unpaired) electrons. The molecule has 3 N–H and O–H groups in total. The molecule has 0 spiro atoms. The molecule has 3 aromatic rings. The fourth-order valence-electron chi connectivity index (χ4n) is 5.76. The minimum atomic E-state index is -1.16. The molecule has 3 saturated heterocycles. The van der Waals surface area contributed by atoms with Crippen LogP contribution in [-0.4, -0.2) is 149 Å². The SMILES string of the molecule is CCN(CC)CC.CN1CCN(c2ccc(N)c(F)c2)CC1.CN1CCN(c2ccc([N+](=O)[O-])c(F)c2)CC1.CN1CCNCC1.O=[N+]([O-])c1ccc(F)cc1F.[CH3-].[Pd]. The molecule has 0 atom stereocenters. The summed E-state index contributed by atoms with van der Waals surface area (Å²) < 4.78 is 51.3. The van der Waals surface area contributed by atoms with Crippen molar-refractivity contribution < 1.29 is 47.8 Å². The number of piperazine rings is 3. The zero-order valence-electron chi connectivity index (χ0n) is 35.4. The molecule has 0 unspecified atom stereocenters. The summed E-state index contributed by atoms with van der Waals surface area (Å²) in [6, 6.07) is 11.2. The van der Waals surface area contributed by atoms with E-state index in [0.717, 1.165) is 83.3 Å². The summed E-state index contributed by atoms with van der Waals surface area (Å²) in [5, 5.41) is 23.7. The number of nitrogens with zero attached hydrogens (tertiary/aromatic N) is 8. The molecule has 0 aliphatic carbocycles. The maximum absolute atomic E-state index is 13.5. The van der Waals surface area contributed by atoms with Crippen LogP contribution in [-0.2, 0) is 20.4 Å². The minimum absolute atomic E-state index is 0. The first-order valence-electron chi connectivity index (χ1n) is 19.2. The van der Waals surface area contributed by atoms with Gasteiger partial charge in [-0.2, -0.15) is 8.78 Å². The van der Waals surface area contributed by atoms with Crippen molar-refractivity contribution in [1.82, 2.24) is 24.9 Å². The van der Waals surface area contributed by atoms with Crippen molar-refractivity contribution in [3.63, 3.8) is 0 Å². The van der Waals surface area contributed by atoms with E-state index >= 15 is 0 Å². The van der Waals surface area contributed by atoms with Crippen LogP contribution < -0.4 is 20.9 Å². The van der Waals surface area contributed by atoms with Crippen LogP contribution in [0.3, 0.4) is 0 Å². The van der Waals surface area contributed by atoms with Gasteiger partial charge in [0, 0.05) is 135 Å². The molecule has 3 aliphatic rings. The number of rotatable bonds is 7. The molecule has 3 aromatic carbocycles. The van der Waals surface area contributed by atoms with E-state index in [1.165, 1.54) is 50.9 Å². The number of anilines is 3. The Hall–Kier alpha value is -3.96. The molecule has 14 nitrogen and oxygen atoms in total. The number of nitrogens with one attached hydrogen (secondary N) is 1. The summed E-state index contributed by atoms with van der Waals surface area (Å²) >= 11 is 0. The number of hydrogen-bond donors (Lipinski definition) is 2. The molecule has 59 heavy (non-hydrogen) atoms. The number of nitrogens with two attached hydrogens (primary N) is 1. The Morgan fingerprint density at radius 2 is 0.983 bits per heavy atom. The number of hydrogen-bond acceptors (Lipinski definition) is 12. The number of nitro groups is 2. The summed E-state index contributed by atoms with van der Waals surface area (Å²) in [4.78, 5) is 32.2. The Morgan fingerprint density at radius 1 is 0.610 bits per heavy atom. The van der Waals surface area contributed by atoms with Crippen molar-refractivity contribution in [2.45, 2.75) is 20.8 Å². The zero-order chi connectivity index (χ0) is 42.5. The van der Waals surface area contributed by atoms with Gasteiger partial charge < -0.3 is 47.9 Å². The average Bonchev–Trinajstić information content (AvgIpc) is 3.18. The van der Waals surface area contributed by atoms with Crippen molar-refractivity contribution in [2.24, 2.45) is 0 Å². The first-order chi connectivity index (χ1) is 27.1. The van der Waals surface area contributed by atoms with E-state index in [1.807, 2.05) is 18.0 Å².